The molecule has 1 aromatic heterocycles. The number of H-pyrrole nitrogens is 2. The van der Waals surface area contributed by atoms with E-state index in [2.05, 4.69) is 16.3 Å². The average molecular weight is 326 g/mol. The van der Waals surface area contributed by atoms with Crippen LogP contribution in [-0.4, -0.2) is 40.8 Å². The van der Waals surface area contributed by atoms with Crippen LogP contribution in [-0.2, 0) is 6.42 Å². The highest BCUT2D eigenvalue weighted by molar-refractivity contribution is 5.93. The molecular weight excluding hydrogens is 304 g/mol. The number of anilines is 1. The van der Waals surface area contributed by atoms with Crippen molar-refractivity contribution in [2.45, 2.75) is 31.6 Å². The predicted molar refractivity (Wildman–Crippen MR) is 92.5 cm³/mol. The largest absolute Gasteiger partial charge is 0.324 e. The number of hydrogen-bond donors (Lipinski definition) is 2. The Hall–Kier alpha value is -2.50. The maximum Gasteiger partial charge on any atom is 0.324 e. The van der Waals surface area contributed by atoms with Crippen LogP contribution in [0.25, 0.3) is 0 Å². The van der Waals surface area contributed by atoms with Gasteiger partial charge in [0.2, 0.25) is 0 Å². The van der Waals surface area contributed by atoms with Crippen molar-refractivity contribution >= 4 is 11.7 Å². The van der Waals surface area contributed by atoms with Crippen LogP contribution in [0.5, 0.6) is 0 Å². The monoisotopic (exact) mass is 326 g/mol. The van der Waals surface area contributed by atoms with Gasteiger partial charge in [-0.2, -0.15) is 0 Å². The molecular formula is C18H22N4O2. The molecule has 1 aromatic carbocycles. The molecule has 1 saturated heterocycles. The van der Waals surface area contributed by atoms with Gasteiger partial charge in [0.25, 0.3) is 5.56 Å². The van der Waals surface area contributed by atoms with Gasteiger partial charge in [0.1, 0.15) is 0 Å². The summed E-state index contributed by atoms with van der Waals surface area (Å²) in [6.07, 6.45) is 3.83. The summed E-state index contributed by atoms with van der Waals surface area (Å²) >= 11 is 0. The number of aromatic amines is 2. The maximum atomic E-state index is 13.0. The first-order valence-corrected chi connectivity index (χ1v) is 8.64. The third kappa shape index (κ3) is 2.72. The van der Waals surface area contributed by atoms with Crippen molar-refractivity contribution in [3.63, 3.8) is 0 Å². The highest BCUT2D eigenvalue weighted by Crippen LogP contribution is 2.30. The fourth-order valence-corrected chi connectivity index (χ4v) is 3.85. The van der Waals surface area contributed by atoms with Gasteiger partial charge in [-0.3, -0.25) is 14.8 Å². The summed E-state index contributed by atoms with van der Waals surface area (Å²) in [4.78, 5) is 28.1. The fourth-order valence-electron chi connectivity index (χ4n) is 3.85. The van der Waals surface area contributed by atoms with E-state index in [0.29, 0.717) is 5.92 Å². The number of piperidine rings is 1. The normalized spacial score (nSPS) is 18.5. The van der Waals surface area contributed by atoms with E-state index in [1.165, 1.54) is 5.56 Å². The summed E-state index contributed by atoms with van der Waals surface area (Å²) in [7, 11) is 0. The summed E-state index contributed by atoms with van der Waals surface area (Å²) in [5.41, 5.74) is 3.19. The third-order valence-electron chi connectivity index (χ3n) is 5.16. The van der Waals surface area contributed by atoms with Crippen molar-refractivity contribution in [1.82, 2.24) is 15.1 Å². The molecule has 1 fully saturated rings. The van der Waals surface area contributed by atoms with Crippen molar-refractivity contribution < 1.29 is 4.79 Å². The first-order valence-electron chi connectivity index (χ1n) is 8.64. The highest BCUT2D eigenvalue weighted by Gasteiger charge is 2.30. The van der Waals surface area contributed by atoms with Gasteiger partial charge in [0, 0.05) is 43.0 Å². The minimum Gasteiger partial charge on any atom is -0.324 e. The molecule has 0 bridgehead atoms. The number of nitrogens with zero attached hydrogens (tertiary/aromatic N) is 2. The zero-order valence-electron chi connectivity index (χ0n) is 13.6. The molecule has 6 nitrogen and oxygen atoms in total. The van der Waals surface area contributed by atoms with Crippen molar-refractivity contribution in [2.75, 3.05) is 24.5 Å². The Morgan fingerprint density at radius 1 is 1.08 bits per heavy atom. The van der Waals surface area contributed by atoms with Crippen molar-refractivity contribution in [3.05, 3.63) is 51.9 Å². The summed E-state index contributed by atoms with van der Waals surface area (Å²) < 4.78 is 0. The predicted octanol–water partition coefficient (Wildman–Crippen LogP) is 2.46. The Morgan fingerprint density at radius 3 is 2.62 bits per heavy atom. The minimum absolute atomic E-state index is 0.0894. The number of carbonyl (C=O) groups is 1. The van der Waals surface area contributed by atoms with Crippen LogP contribution >= 0.6 is 0 Å². The lowest BCUT2D eigenvalue weighted by Crippen LogP contribution is -2.48. The topological polar surface area (TPSA) is 72.2 Å². The molecule has 126 valence electrons. The number of carbonyl (C=O) groups excluding carboxylic acids is 1. The Labute approximate surface area is 140 Å². The number of para-hydroxylation sites is 1. The van der Waals surface area contributed by atoms with Crippen molar-refractivity contribution in [1.29, 1.82) is 0 Å². The summed E-state index contributed by atoms with van der Waals surface area (Å²) in [6, 6.07) is 9.94. The molecule has 2 aromatic rings. The second-order valence-corrected chi connectivity index (χ2v) is 6.64. The van der Waals surface area contributed by atoms with Gasteiger partial charge in [-0.1, -0.05) is 18.2 Å². The molecule has 0 unspecified atom stereocenters. The molecule has 2 N–H and O–H groups in total. The molecule has 0 atom stereocenters. The molecule has 4 rings (SSSR count). The van der Waals surface area contributed by atoms with Gasteiger partial charge in [0.15, 0.2) is 0 Å². The van der Waals surface area contributed by atoms with Gasteiger partial charge >= 0.3 is 6.03 Å². The van der Waals surface area contributed by atoms with Crippen LogP contribution in [0.4, 0.5) is 10.5 Å². The minimum atomic E-state index is -0.0894. The molecule has 0 saturated carbocycles. The number of nitrogens with one attached hydrogen (secondary N) is 2. The average Bonchev–Trinajstić information content (AvgIpc) is 3.07. The summed E-state index contributed by atoms with van der Waals surface area (Å²) in [6.45, 7) is 2.26. The van der Waals surface area contributed by atoms with E-state index in [9.17, 15) is 9.59 Å². The quantitative estimate of drug-likeness (QED) is 0.845. The number of rotatable bonds is 1. The van der Waals surface area contributed by atoms with Crippen LogP contribution in [0.1, 0.15) is 36.4 Å². The van der Waals surface area contributed by atoms with Crippen LogP contribution < -0.4 is 10.5 Å². The van der Waals surface area contributed by atoms with Gasteiger partial charge in [-0.15, -0.1) is 0 Å². The van der Waals surface area contributed by atoms with E-state index >= 15 is 0 Å². The molecule has 0 spiro atoms. The van der Waals surface area contributed by atoms with Crippen LogP contribution in [0, 0.1) is 0 Å². The highest BCUT2D eigenvalue weighted by atomic mass is 16.2. The fraction of sp³-hybridized carbons (Fsp3) is 0.444. The Kier molecular flexibility index (Phi) is 3.88. The van der Waals surface area contributed by atoms with Gasteiger partial charge in [0.05, 0.1) is 0 Å². The van der Waals surface area contributed by atoms with Crippen molar-refractivity contribution in [3.8, 4) is 0 Å². The summed E-state index contributed by atoms with van der Waals surface area (Å²) in [5, 5.41) is 5.54. The van der Waals surface area contributed by atoms with E-state index in [1.54, 1.807) is 6.07 Å². The maximum absolute atomic E-state index is 13.0. The SMILES string of the molecule is O=C(N1CCC(c2cc(=O)[nH][nH]2)CC1)N1CCCc2ccccc21. The number of benzene rings is 1. The first-order chi connectivity index (χ1) is 11.7. The molecule has 3 heterocycles. The number of likely N-dealkylation sites (tertiary alicyclic amines) is 1. The van der Waals surface area contributed by atoms with Gasteiger partial charge in [-0.25, -0.2) is 4.79 Å². The summed E-state index contributed by atoms with van der Waals surface area (Å²) in [5.74, 6) is 0.321. The van der Waals surface area contributed by atoms with E-state index in [4.69, 9.17) is 0 Å². The number of aromatic nitrogens is 2. The number of aryl methyl sites for hydroxylation is 1. The molecule has 2 amide bonds. The molecule has 6 heteroatoms. The lowest BCUT2D eigenvalue weighted by molar-refractivity contribution is 0.187. The second-order valence-electron chi connectivity index (χ2n) is 6.64. The smallest absolute Gasteiger partial charge is 0.324 e. The van der Waals surface area contributed by atoms with Gasteiger partial charge in [-0.05, 0) is 37.3 Å². The second kappa shape index (κ2) is 6.19. The standard InChI is InChI=1S/C18H22N4O2/c23-17-12-15(19-20-17)13-7-10-21(11-8-13)18(24)22-9-3-5-14-4-1-2-6-16(14)22/h1-2,4,6,12-13H,3,5,7-11H2,(H2,19,20,23). The van der Waals surface area contributed by atoms with Gasteiger partial charge < -0.3 is 10.00 Å². The molecule has 24 heavy (non-hydrogen) atoms. The number of hydrogen-bond acceptors (Lipinski definition) is 2. The van der Waals surface area contributed by atoms with Crippen LogP contribution in [0.2, 0.25) is 0 Å². The van der Waals surface area contributed by atoms with Crippen LogP contribution in [0.3, 0.4) is 0 Å². The number of fused-ring (bicyclic) bond motifs is 1. The lowest BCUT2D eigenvalue weighted by atomic mass is 9.94. The Morgan fingerprint density at radius 2 is 1.88 bits per heavy atom. The third-order valence-corrected chi connectivity index (χ3v) is 5.16. The number of amides is 2. The van der Waals surface area contributed by atoms with Crippen LogP contribution in [0.15, 0.2) is 35.1 Å². The molecule has 2 aliphatic rings. The Bertz CT molecular complexity index is 786. The van der Waals surface area contributed by atoms with E-state index in [0.717, 1.165) is 56.7 Å². The van der Waals surface area contributed by atoms with E-state index in [-0.39, 0.29) is 11.6 Å². The first kappa shape index (κ1) is 15.1. The lowest BCUT2D eigenvalue weighted by Gasteiger charge is -2.37. The molecule has 2 aliphatic heterocycles. The van der Waals surface area contributed by atoms with E-state index in [1.807, 2.05) is 28.0 Å². The Balaban J connectivity index is 1.45. The number of urea groups is 1. The molecule has 0 radical (unpaired) electrons. The van der Waals surface area contributed by atoms with Crippen molar-refractivity contribution in [2.24, 2.45) is 0 Å². The zero-order chi connectivity index (χ0) is 16.5. The zero-order valence-corrected chi connectivity index (χ0v) is 13.6. The van der Waals surface area contributed by atoms with E-state index < -0.39 is 0 Å². The molecule has 0 aliphatic carbocycles.